The van der Waals surface area contributed by atoms with E-state index in [4.69, 9.17) is 0 Å². The number of aliphatic hydroxyl groups is 1. The van der Waals surface area contributed by atoms with Crippen molar-refractivity contribution in [3.8, 4) is 0 Å². The molecule has 1 aromatic rings. The summed E-state index contributed by atoms with van der Waals surface area (Å²) in [6, 6.07) is -0.408. The first-order valence-electron chi connectivity index (χ1n) is 5.42. The van der Waals surface area contributed by atoms with Gasteiger partial charge in [0.25, 0.3) is 5.56 Å². The lowest BCUT2D eigenvalue weighted by atomic mass is 9.96. The maximum atomic E-state index is 12.8. The lowest BCUT2D eigenvalue weighted by molar-refractivity contribution is -0.138. The molecule has 2 atom stereocenters. The molecule has 2 heterocycles. The topological polar surface area (TPSA) is 69.2 Å². The van der Waals surface area contributed by atoms with Crippen molar-refractivity contribution >= 4 is 5.69 Å². The minimum atomic E-state index is -4.75. The van der Waals surface area contributed by atoms with E-state index in [0.29, 0.717) is 13.0 Å². The number of halogens is 3. The van der Waals surface area contributed by atoms with E-state index in [1.807, 2.05) is 0 Å². The second kappa shape index (κ2) is 4.27. The Hall–Kier alpha value is -1.57. The summed E-state index contributed by atoms with van der Waals surface area (Å²) < 4.78 is 38.5. The summed E-state index contributed by atoms with van der Waals surface area (Å²) >= 11 is 0. The predicted molar refractivity (Wildman–Crippen MR) is 57.3 cm³/mol. The van der Waals surface area contributed by atoms with Crippen molar-refractivity contribution in [1.29, 1.82) is 0 Å². The van der Waals surface area contributed by atoms with E-state index in [9.17, 15) is 23.1 Å². The van der Waals surface area contributed by atoms with Gasteiger partial charge in [0.1, 0.15) is 5.56 Å². The Balaban J connectivity index is 2.46. The Labute approximate surface area is 100 Å². The number of nitrogens with one attached hydrogen (secondary N) is 1. The largest absolute Gasteiger partial charge is 0.423 e. The first-order valence-corrected chi connectivity index (χ1v) is 5.42. The summed E-state index contributed by atoms with van der Waals surface area (Å²) in [6.07, 6.45) is -3.95. The Morgan fingerprint density at radius 1 is 1.61 bits per heavy atom. The number of aliphatic hydroxyl groups excluding tert-OH is 1. The third-order valence-corrected chi connectivity index (χ3v) is 3.05. The summed E-state index contributed by atoms with van der Waals surface area (Å²) in [4.78, 5) is 12.6. The summed E-state index contributed by atoms with van der Waals surface area (Å²) in [7, 11) is 0. The number of anilines is 1. The number of aromatic amines is 1. The van der Waals surface area contributed by atoms with Crippen LogP contribution in [0.15, 0.2) is 11.0 Å². The van der Waals surface area contributed by atoms with Crippen molar-refractivity contribution < 1.29 is 18.3 Å². The summed E-state index contributed by atoms with van der Waals surface area (Å²) in [5.74, 6) is 0. The molecule has 5 nitrogen and oxygen atoms in total. The minimum absolute atomic E-state index is 0.275. The predicted octanol–water partition coefficient (Wildman–Crippen LogP) is 0.748. The zero-order valence-electron chi connectivity index (χ0n) is 9.53. The number of nitrogens with zero attached hydrogens (tertiary/aromatic N) is 2. The molecule has 0 radical (unpaired) electrons. The number of H-pyrrole nitrogens is 1. The average molecular weight is 263 g/mol. The van der Waals surface area contributed by atoms with Gasteiger partial charge in [-0.15, -0.1) is 0 Å². The summed E-state index contributed by atoms with van der Waals surface area (Å²) in [5, 5.41) is 14.6. The Bertz CT molecular complexity index is 498. The monoisotopic (exact) mass is 263 g/mol. The van der Waals surface area contributed by atoms with Crippen LogP contribution >= 0.6 is 0 Å². The number of rotatable bonds is 2. The van der Waals surface area contributed by atoms with Gasteiger partial charge >= 0.3 is 6.18 Å². The van der Waals surface area contributed by atoms with E-state index in [2.05, 4.69) is 5.10 Å². The average Bonchev–Trinajstić information content (AvgIpc) is 2.12. The zero-order chi connectivity index (χ0) is 13.5. The Kier molecular flexibility index (Phi) is 3.05. The maximum absolute atomic E-state index is 12.8. The molecule has 0 saturated carbocycles. The molecule has 1 aliphatic rings. The first kappa shape index (κ1) is 12.9. The summed E-state index contributed by atoms with van der Waals surface area (Å²) in [5.41, 5.74) is -2.80. The highest BCUT2D eigenvalue weighted by molar-refractivity contribution is 5.55. The zero-order valence-corrected chi connectivity index (χ0v) is 9.53. The molecule has 0 aliphatic carbocycles. The van der Waals surface area contributed by atoms with Crippen molar-refractivity contribution in [2.24, 2.45) is 0 Å². The number of aromatic nitrogens is 2. The molecule has 1 aromatic heterocycles. The van der Waals surface area contributed by atoms with Crippen molar-refractivity contribution in [3.05, 3.63) is 22.1 Å². The second-order valence-corrected chi connectivity index (χ2v) is 4.25. The van der Waals surface area contributed by atoms with Crippen LogP contribution in [0.25, 0.3) is 0 Å². The SMILES string of the molecule is CC(O)C1CCN1c1cn[nH]c(=O)c1C(F)(F)F. The van der Waals surface area contributed by atoms with Crippen LogP contribution in [0.2, 0.25) is 0 Å². The van der Waals surface area contributed by atoms with E-state index >= 15 is 0 Å². The highest BCUT2D eigenvalue weighted by atomic mass is 19.4. The first-order chi connectivity index (χ1) is 8.32. The van der Waals surface area contributed by atoms with Gasteiger partial charge in [0.2, 0.25) is 0 Å². The van der Waals surface area contributed by atoms with Crippen LogP contribution in [0, 0.1) is 0 Å². The van der Waals surface area contributed by atoms with Crippen molar-refractivity contribution in [2.75, 3.05) is 11.4 Å². The fraction of sp³-hybridized carbons (Fsp3) is 0.600. The van der Waals surface area contributed by atoms with Gasteiger partial charge in [-0.2, -0.15) is 18.3 Å². The minimum Gasteiger partial charge on any atom is -0.391 e. The van der Waals surface area contributed by atoms with Crippen LogP contribution in [0.5, 0.6) is 0 Å². The van der Waals surface area contributed by atoms with Crippen molar-refractivity contribution in [3.63, 3.8) is 0 Å². The highest BCUT2D eigenvalue weighted by Crippen LogP contribution is 2.37. The lowest BCUT2D eigenvalue weighted by Gasteiger charge is -2.44. The molecular weight excluding hydrogens is 251 g/mol. The van der Waals surface area contributed by atoms with E-state index in [1.54, 1.807) is 5.10 Å². The number of hydrogen-bond donors (Lipinski definition) is 2. The van der Waals surface area contributed by atoms with Gasteiger partial charge < -0.3 is 10.0 Å². The quantitative estimate of drug-likeness (QED) is 0.826. The van der Waals surface area contributed by atoms with Crippen LogP contribution in [-0.4, -0.2) is 34.0 Å². The van der Waals surface area contributed by atoms with Crippen LogP contribution in [0.1, 0.15) is 18.9 Å². The van der Waals surface area contributed by atoms with Crippen LogP contribution in [0.4, 0.5) is 18.9 Å². The molecule has 8 heteroatoms. The van der Waals surface area contributed by atoms with Gasteiger partial charge in [0, 0.05) is 6.54 Å². The molecular formula is C10H12F3N3O2. The van der Waals surface area contributed by atoms with Gasteiger partial charge in [0.05, 0.1) is 24.0 Å². The lowest BCUT2D eigenvalue weighted by Crippen LogP contribution is -2.54. The normalized spacial score (nSPS) is 21.6. The Morgan fingerprint density at radius 2 is 2.28 bits per heavy atom. The standard InChI is InChI=1S/C10H12F3N3O2/c1-5(17)6-2-3-16(6)7-4-14-15-9(18)8(7)10(11,12)13/h4-6,17H,2-3H2,1H3,(H,15,18). The second-order valence-electron chi connectivity index (χ2n) is 4.25. The molecule has 1 saturated heterocycles. The molecule has 0 bridgehead atoms. The molecule has 0 spiro atoms. The fourth-order valence-corrected chi connectivity index (χ4v) is 2.09. The fourth-order valence-electron chi connectivity index (χ4n) is 2.09. The smallest absolute Gasteiger partial charge is 0.391 e. The Morgan fingerprint density at radius 3 is 2.72 bits per heavy atom. The molecule has 100 valence electrons. The van der Waals surface area contributed by atoms with E-state index in [-0.39, 0.29) is 5.69 Å². The van der Waals surface area contributed by atoms with E-state index in [0.717, 1.165) is 6.20 Å². The van der Waals surface area contributed by atoms with Crippen molar-refractivity contribution in [2.45, 2.75) is 31.7 Å². The third-order valence-electron chi connectivity index (χ3n) is 3.05. The summed E-state index contributed by atoms with van der Waals surface area (Å²) in [6.45, 7) is 1.87. The molecule has 2 unspecified atom stereocenters. The maximum Gasteiger partial charge on any atom is 0.423 e. The van der Waals surface area contributed by atoms with Crippen molar-refractivity contribution in [1.82, 2.24) is 10.2 Å². The van der Waals surface area contributed by atoms with Gasteiger partial charge in [-0.25, -0.2) is 5.10 Å². The number of alkyl halides is 3. The van der Waals surface area contributed by atoms with E-state index < -0.39 is 29.4 Å². The van der Waals surface area contributed by atoms with Crippen LogP contribution in [0.3, 0.4) is 0 Å². The molecule has 18 heavy (non-hydrogen) atoms. The highest BCUT2D eigenvalue weighted by Gasteiger charge is 2.42. The molecule has 1 aliphatic heterocycles. The molecule has 0 aromatic carbocycles. The molecule has 0 amide bonds. The van der Waals surface area contributed by atoms with Gasteiger partial charge in [-0.05, 0) is 13.3 Å². The van der Waals surface area contributed by atoms with Crippen LogP contribution < -0.4 is 10.5 Å². The van der Waals surface area contributed by atoms with Gasteiger partial charge in [0.15, 0.2) is 0 Å². The molecule has 2 rings (SSSR count). The van der Waals surface area contributed by atoms with E-state index in [1.165, 1.54) is 11.8 Å². The number of hydrogen-bond acceptors (Lipinski definition) is 4. The molecule has 2 N–H and O–H groups in total. The third kappa shape index (κ3) is 2.07. The van der Waals surface area contributed by atoms with Gasteiger partial charge in [-0.3, -0.25) is 4.79 Å². The van der Waals surface area contributed by atoms with Gasteiger partial charge in [-0.1, -0.05) is 0 Å². The molecule has 1 fully saturated rings. The van der Waals surface area contributed by atoms with Crippen LogP contribution in [-0.2, 0) is 6.18 Å².